The maximum atomic E-state index is 15.2. The van der Waals surface area contributed by atoms with E-state index in [1.165, 1.54) is 6.07 Å². The van der Waals surface area contributed by atoms with Crippen LogP contribution >= 0.6 is 0 Å². The first-order chi connectivity index (χ1) is 17.7. The number of fused-ring (bicyclic) bond motifs is 4. The second kappa shape index (κ2) is 8.14. The first kappa shape index (κ1) is 23.2. The number of benzene rings is 2. The first-order valence-corrected chi connectivity index (χ1v) is 12.4. The van der Waals surface area contributed by atoms with Crippen LogP contribution in [0.5, 0.6) is 0 Å². The third-order valence-electron chi connectivity index (χ3n) is 8.08. The molecule has 0 spiro atoms. The molecule has 0 unspecified atom stereocenters. The summed E-state index contributed by atoms with van der Waals surface area (Å²) in [5, 5.41) is 0.925. The number of halogens is 1. The van der Waals surface area contributed by atoms with Crippen LogP contribution in [0.1, 0.15) is 36.4 Å². The molecule has 2 aromatic heterocycles. The molecule has 37 heavy (non-hydrogen) atoms. The van der Waals surface area contributed by atoms with Crippen molar-refractivity contribution in [2.75, 3.05) is 0 Å². The van der Waals surface area contributed by atoms with Gasteiger partial charge in [0.25, 0.3) is 0 Å². The maximum absolute atomic E-state index is 15.2. The molecule has 0 saturated heterocycles. The summed E-state index contributed by atoms with van der Waals surface area (Å²) >= 11 is 0. The number of carbonyl (C=O) groups excluding carboxylic acids is 1. The van der Waals surface area contributed by atoms with Crippen molar-refractivity contribution in [1.29, 1.82) is 0 Å². The average Bonchev–Trinajstić information content (AvgIpc) is 3.19. The Hall–Kier alpha value is -4.24. The molecule has 2 aromatic carbocycles. The van der Waals surface area contributed by atoms with Gasteiger partial charge >= 0.3 is 0 Å². The Morgan fingerprint density at radius 2 is 1.84 bits per heavy atom. The van der Waals surface area contributed by atoms with Gasteiger partial charge in [-0.25, -0.2) is 19.2 Å². The highest BCUT2D eigenvalue weighted by Gasteiger charge is 2.52. The minimum absolute atomic E-state index is 0.0891. The van der Waals surface area contributed by atoms with Gasteiger partial charge in [0.15, 0.2) is 11.6 Å². The van der Waals surface area contributed by atoms with E-state index in [2.05, 4.69) is 4.85 Å². The largest absolute Gasteiger partial charge is 0.308 e. The van der Waals surface area contributed by atoms with Gasteiger partial charge in [-0.05, 0) is 49.9 Å². The van der Waals surface area contributed by atoms with Gasteiger partial charge in [-0.1, -0.05) is 50.3 Å². The number of rotatable bonds is 2. The van der Waals surface area contributed by atoms with Gasteiger partial charge in [0.05, 0.1) is 23.5 Å². The summed E-state index contributed by atoms with van der Waals surface area (Å²) in [4.78, 5) is 31.3. The van der Waals surface area contributed by atoms with E-state index in [1.807, 2.05) is 52.0 Å². The van der Waals surface area contributed by atoms with Crippen LogP contribution in [0.25, 0.3) is 38.4 Å². The monoisotopic (exact) mass is 488 g/mol. The predicted octanol–water partition coefficient (Wildman–Crippen LogP) is 6.57. The molecule has 6 rings (SSSR count). The second-order valence-corrected chi connectivity index (χ2v) is 10.4. The summed E-state index contributed by atoms with van der Waals surface area (Å²) in [6.07, 6.45) is 2.32. The van der Waals surface area contributed by atoms with Crippen LogP contribution < -0.4 is 0 Å². The van der Waals surface area contributed by atoms with E-state index in [4.69, 9.17) is 21.5 Å². The highest BCUT2D eigenvalue weighted by Crippen LogP contribution is 2.53. The number of pyridine rings is 1. The molecule has 0 amide bonds. The summed E-state index contributed by atoms with van der Waals surface area (Å²) < 4.78 is 15.2. The van der Waals surface area contributed by atoms with Crippen LogP contribution in [0.15, 0.2) is 60.3 Å². The lowest BCUT2D eigenvalue weighted by atomic mass is 9.67. The summed E-state index contributed by atoms with van der Waals surface area (Å²) in [6.45, 7) is 15.5. The normalized spacial score (nSPS) is 22.4. The summed E-state index contributed by atoms with van der Waals surface area (Å²) in [7, 11) is 0. The third kappa shape index (κ3) is 3.34. The van der Waals surface area contributed by atoms with Gasteiger partial charge in [-0.3, -0.25) is 4.98 Å². The molecule has 4 aromatic rings. The Labute approximate surface area is 214 Å². The van der Waals surface area contributed by atoms with Crippen LogP contribution in [-0.2, 0) is 16.6 Å². The van der Waals surface area contributed by atoms with E-state index in [1.54, 1.807) is 24.3 Å². The van der Waals surface area contributed by atoms with Gasteiger partial charge in [0.2, 0.25) is 5.70 Å². The fourth-order valence-electron chi connectivity index (χ4n) is 6.16. The van der Waals surface area contributed by atoms with Crippen LogP contribution in [0, 0.1) is 38.1 Å². The highest BCUT2D eigenvalue weighted by atomic mass is 19.1. The average molecular weight is 489 g/mol. The maximum Gasteiger partial charge on any atom is 0.226 e. The van der Waals surface area contributed by atoms with Crippen LogP contribution in [-0.4, -0.2) is 20.7 Å². The zero-order valence-corrected chi connectivity index (χ0v) is 21.1. The van der Waals surface area contributed by atoms with Gasteiger partial charge < -0.3 is 4.79 Å². The number of para-hydroxylation sites is 1. The molecule has 2 aliphatic carbocycles. The number of allylic oxidation sites excluding steroid dienone is 2. The lowest BCUT2D eigenvalue weighted by Gasteiger charge is -2.36. The van der Waals surface area contributed by atoms with Crippen LogP contribution in [0.3, 0.4) is 0 Å². The van der Waals surface area contributed by atoms with Crippen molar-refractivity contribution in [1.82, 2.24) is 15.0 Å². The number of ketones is 1. The minimum Gasteiger partial charge on any atom is -0.308 e. The second-order valence-electron chi connectivity index (χ2n) is 10.4. The molecular weight excluding hydrogens is 463 g/mol. The van der Waals surface area contributed by atoms with Crippen molar-refractivity contribution < 1.29 is 9.18 Å². The minimum atomic E-state index is -0.645. The Bertz CT molecular complexity index is 1720. The van der Waals surface area contributed by atoms with Crippen molar-refractivity contribution >= 4 is 16.7 Å². The number of nitrogens with zero attached hydrogens (tertiary/aromatic N) is 4. The van der Waals surface area contributed by atoms with Crippen molar-refractivity contribution in [3.05, 3.63) is 100 Å². The number of hydrogen-bond donors (Lipinski definition) is 0. The molecule has 6 heteroatoms. The molecule has 3 atom stereocenters. The Kier molecular flexibility index (Phi) is 5.10. The van der Waals surface area contributed by atoms with Crippen molar-refractivity contribution in [3.63, 3.8) is 0 Å². The number of hydrogen-bond acceptors (Lipinski definition) is 4. The fourth-order valence-corrected chi connectivity index (χ4v) is 6.16. The first-order valence-electron chi connectivity index (χ1n) is 12.4. The van der Waals surface area contributed by atoms with Crippen LogP contribution in [0.2, 0.25) is 0 Å². The summed E-state index contributed by atoms with van der Waals surface area (Å²) in [6, 6.07) is 14.6. The number of aromatic nitrogens is 3. The molecule has 182 valence electrons. The smallest absolute Gasteiger partial charge is 0.226 e. The molecule has 5 nitrogen and oxygen atoms in total. The number of aryl methyl sites for hydroxylation is 2. The van der Waals surface area contributed by atoms with Crippen LogP contribution in [0.4, 0.5) is 4.39 Å². The van der Waals surface area contributed by atoms with E-state index in [-0.39, 0.29) is 29.1 Å². The predicted molar refractivity (Wildman–Crippen MR) is 141 cm³/mol. The van der Waals surface area contributed by atoms with E-state index in [9.17, 15) is 4.79 Å². The lowest BCUT2D eigenvalue weighted by Crippen LogP contribution is -2.39. The Balaban J connectivity index is 1.71. The molecule has 0 bridgehead atoms. The van der Waals surface area contributed by atoms with Crippen molar-refractivity contribution in [2.45, 2.75) is 39.5 Å². The SMILES string of the molecule is [C-]#[N+]C1=C[C@@]2(C)c3nc(-c4cc(C)nc5c(C)cccc45)nc(-c4ccccc4F)c3C[C@@H]2[C@@H](C)C1=O. The molecule has 0 aliphatic heterocycles. The lowest BCUT2D eigenvalue weighted by molar-refractivity contribution is -0.121. The molecule has 2 heterocycles. The van der Waals surface area contributed by atoms with E-state index >= 15 is 4.39 Å². The van der Waals surface area contributed by atoms with Gasteiger partial charge in [0, 0.05) is 39.1 Å². The van der Waals surface area contributed by atoms with E-state index in [0.717, 1.165) is 39.0 Å². The topological polar surface area (TPSA) is 60.1 Å². The number of Topliss-reactive ketones (excluding diaryl/α,β-unsaturated/α-hetero) is 1. The van der Waals surface area contributed by atoms with E-state index < -0.39 is 5.41 Å². The summed E-state index contributed by atoms with van der Waals surface area (Å²) in [5.41, 5.74) is 5.65. The van der Waals surface area contributed by atoms with Crippen molar-refractivity contribution in [2.24, 2.45) is 11.8 Å². The molecule has 0 fully saturated rings. The Morgan fingerprint density at radius 3 is 2.59 bits per heavy atom. The van der Waals surface area contributed by atoms with E-state index in [0.29, 0.717) is 23.5 Å². The molecular formula is C31H25FN4O. The van der Waals surface area contributed by atoms with Gasteiger partial charge in [-0.2, -0.15) is 0 Å². The molecule has 2 aliphatic rings. The number of carbonyl (C=O) groups is 1. The van der Waals surface area contributed by atoms with Gasteiger partial charge in [-0.15, -0.1) is 0 Å². The molecule has 0 N–H and O–H groups in total. The third-order valence-corrected chi connectivity index (χ3v) is 8.08. The molecule has 0 saturated carbocycles. The zero-order valence-electron chi connectivity index (χ0n) is 21.1. The Morgan fingerprint density at radius 1 is 1.05 bits per heavy atom. The van der Waals surface area contributed by atoms with Gasteiger partial charge in [0.1, 0.15) is 5.82 Å². The zero-order chi connectivity index (χ0) is 26.1. The summed E-state index contributed by atoms with van der Waals surface area (Å²) in [5.74, 6) is -0.451. The quantitative estimate of drug-likeness (QED) is 0.300. The van der Waals surface area contributed by atoms with Crippen molar-refractivity contribution in [3.8, 4) is 22.6 Å². The fraction of sp³-hybridized carbons (Fsp3) is 0.258. The highest BCUT2D eigenvalue weighted by molar-refractivity contribution is 6.00. The molecule has 0 radical (unpaired) electrons. The standard InChI is InChI=1S/C31H25FN4O/c1-16-9-8-11-19-21(13-17(2)34-26(16)19)30-35-27(20-10-6-7-12-24(20)32)22-14-23-18(3)28(37)25(33-5)15-31(23,4)29(22)36-30/h6-13,15,18,23H,14H2,1-4H3/t18-,23-,31-/m1/s1.